The van der Waals surface area contributed by atoms with Crippen molar-refractivity contribution in [2.75, 3.05) is 20.2 Å². The highest BCUT2D eigenvalue weighted by Crippen LogP contribution is 2.44. The van der Waals surface area contributed by atoms with Gasteiger partial charge < -0.3 is 14.9 Å². The molecule has 1 aliphatic heterocycles. The molecule has 2 aliphatic rings. The molecule has 6 heteroatoms. The van der Waals surface area contributed by atoms with Crippen molar-refractivity contribution < 1.29 is 14.7 Å². The Labute approximate surface area is 164 Å². The Balaban J connectivity index is 1.58. The maximum Gasteiger partial charge on any atom is 0.272 e. The number of likely N-dealkylation sites (N-methyl/N-ethyl adjacent to an activating group) is 1. The van der Waals surface area contributed by atoms with Crippen LogP contribution >= 0.6 is 0 Å². The molecule has 4 rings (SSSR count). The zero-order valence-corrected chi connectivity index (χ0v) is 15.9. The maximum absolute atomic E-state index is 12.9. The molecule has 6 nitrogen and oxygen atoms in total. The van der Waals surface area contributed by atoms with E-state index in [-0.39, 0.29) is 42.3 Å². The third-order valence-corrected chi connectivity index (χ3v) is 5.79. The zero-order chi connectivity index (χ0) is 19.7. The van der Waals surface area contributed by atoms with E-state index in [2.05, 4.69) is 4.98 Å². The van der Waals surface area contributed by atoms with Gasteiger partial charge in [0.2, 0.25) is 5.91 Å². The van der Waals surface area contributed by atoms with Crippen molar-refractivity contribution >= 4 is 11.8 Å². The molecule has 0 unspecified atom stereocenters. The lowest BCUT2D eigenvalue weighted by molar-refractivity contribution is -0.153. The number of aromatic nitrogens is 1. The molecule has 1 aromatic heterocycles. The lowest BCUT2D eigenvalue weighted by atomic mass is 9.74. The van der Waals surface area contributed by atoms with Crippen LogP contribution in [0.5, 0.6) is 0 Å². The smallest absolute Gasteiger partial charge is 0.272 e. The SMILES string of the molecule is CN(C[C@H]1[C@@H](c2ccccc2)[C@@H](CO)N1C(=O)C1CC1)C(=O)c1ccccn1. The molecule has 146 valence electrons. The first-order valence-corrected chi connectivity index (χ1v) is 9.76. The molecule has 0 spiro atoms. The number of rotatable bonds is 6. The number of hydrogen-bond donors (Lipinski definition) is 1. The summed E-state index contributed by atoms with van der Waals surface area (Å²) in [5, 5.41) is 9.99. The van der Waals surface area contributed by atoms with Gasteiger partial charge in [0.1, 0.15) is 5.69 Å². The minimum atomic E-state index is -0.237. The topological polar surface area (TPSA) is 73.7 Å². The number of benzene rings is 1. The number of hydrogen-bond acceptors (Lipinski definition) is 4. The number of aliphatic hydroxyl groups is 1. The van der Waals surface area contributed by atoms with Gasteiger partial charge in [-0.25, -0.2) is 0 Å². The van der Waals surface area contributed by atoms with Gasteiger partial charge in [0.25, 0.3) is 5.91 Å². The molecule has 1 saturated carbocycles. The average molecular weight is 379 g/mol. The Morgan fingerprint density at radius 2 is 1.82 bits per heavy atom. The third kappa shape index (κ3) is 3.40. The van der Waals surface area contributed by atoms with Gasteiger partial charge in [-0.1, -0.05) is 36.4 Å². The van der Waals surface area contributed by atoms with Crippen LogP contribution in [0.25, 0.3) is 0 Å². The molecule has 3 atom stereocenters. The van der Waals surface area contributed by atoms with Gasteiger partial charge in [-0.3, -0.25) is 14.6 Å². The van der Waals surface area contributed by atoms with Gasteiger partial charge in [0.15, 0.2) is 0 Å². The molecule has 0 bridgehead atoms. The van der Waals surface area contributed by atoms with Crippen molar-refractivity contribution in [3.8, 4) is 0 Å². The largest absolute Gasteiger partial charge is 0.394 e. The highest BCUT2D eigenvalue weighted by atomic mass is 16.3. The fourth-order valence-electron chi connectivity index (χ4n) is 4.19. The first kappa shape index (κ1) is 18.6. The fourth-order valence-corrected chi connectivity index (χ4v) is 4.19. The zero-order valence-electron chi connectivity index (χ0n) is 15.9. The number of carbonyl (C=O) groups excluding carboxylic acids is 2. The van der Waals surface area contributed by atoms with Crippen molar-refractivity contribution in [1.82, 2.24) is 14.8 Å². The highest BCUT2D eigenvalue weighted by Gasteiger charge is 2.53. The highest BCUT2D eigenvalue weighted by molar-refractivity contribution is 5.92. The van der Waals surface area contributed by atoms with Gasteiger partial charge in [-0.05, 0) is 30.5 Å². The first-order chi connectivity index (χ1) is 13.6. The molecule has 28 heavy (non-hydrogen) atoms. The van der Waals surface area contributed by atoms with Crippen LogP contribution in [0.15, 0.2) is 54.7 Å². The van der Waals surface area contributed by atoms with Crippen LogP contribution in [0.1, 0.15) is 34.8 Å². The minimum absolute atomic E-state index is 0.00730. The lowest BCUT2D eigenvalue weighted by Gasteiger charge is -2.56. The van der Waals surface area contributed by atoms with Gasteiger partial charge in [0.05, 0.1) is 18.7 Å². The Morgan fingerprint density at radius 1 is 1.11 bits per heavy atom. The summed E-state index contributed by atoms with van der Waals surface area (Å²) in [7, 11) is 1.74. The monoisotopic (exact) mass is 379 g/mol. The lowest BCUT2D eigenvalue weighted by Crippen LogP contribution is -2.69. The number of aliphatic hydroxyl groups excluding tert-OH is 1. The van der Waals surface area contributed by atoms with Gasteiger partial charge >= 0.3 is 0 Å². The summed E-state index contributed by atoms with van der Waals surface area (Å²) in [6.07, 6.45) is 3.43. The molecule has 1 N–H and O–H groups in total. The van der Waals surface area contributed by atoms with Crippen LogP contribution in [0.2, 0.25) is 0 Å². The van der Waals surface area contributed by atoms with Crippen LogP contribution in [0, 0.1) is 5.92 Å². The van der Waals surface area contributed by atoms with Crippen molar-refractivity contribution in [2.45, 2.75) is 30.8 Å². The quantitative estimate of drug-likeness (QED) is 0.832. The Hall–Kier alpha value is -2.73. The average Bonchev–Trinajstić information content (AvgIpc) is 3.57. The van der Waals surface area contributed by atoms with E-state index in [0.29, 0.717) is 12.2 Å². The van der Waals surface area contributed by atoms with Crippen LogP contribution in [0.4, 0.5) is 0 Å². The molecular weight excluding hydrogens is 354 g/mol. The van der Waals surface area contributed by atoms with Crippen LogP contribution in [0.3, 0.4) is 0 Å². The number of nitrogens with zero attached hydrogens (tertiary/aromatic N) is 3. The molecule has 0 radical (unpaired) electrons. The third-order valence-electron chi connectivity index (χ3n) is 5.79. The second-order valence-corrected chi connectivity index (χ2v) is 7.67. The van der Waals surface area contributed by atoms with Crippen molar-refractivity contribution in [3.63, 3.8) is 0 Å². The fraction of sp³-hybridized carbons (Fsp3) is 0.409. The predicted molar refractivity (Wildman–Crippen MR) is 105 cm³/mol. The van der Waals surface area contributed by atoms with E-state index in [1.165, 1.54) is 0 Å². The van der Waals surface area contributed by atoms with E-state index in [9.17, 15) is 14.7 Å². The van der Waals surface area contributed by atoms with Gasteiger partial charge in [0, 0.05) is 31.6 Å². The Bertz CT molecular complexity index is 839. The number of amides is 2. The standard InChI is InChI=1S/C22H25N3O3/c1-24(22(28)17-9-5-6-12-23-17)13-18-20(15-7-3-2-4-8-15)19(14-26)25(18)21(27)16-10-11-16/h2-9,12,16,18-20,26H,10-11,13-14H2,1H3/t18-,19+,20+/m0/s1. The molecule has 2 aromatic rings. The molecule has 2 heterocycles. The summed E-state index contributed by atoms with van der Waals surface area (Å²) in [5.41, 5.74) is 1.48. The van der Waals surface area contributed by atoms with E-state index in [0.717, 1.165) is 18.4 Å². The molecule has 2 fully saturated rings. The predicted octanol–water partition coefficient (Wildman–Crippen LogP) is 1.92. The van der Waals surface area contributed by atoms with Gasteiger partial charge in [-0.15, -0.1) is 0 Å². The van der Waals surface area contributed by atoms with Crippen molar-refractivity contribution in [1.29, 1.82) is 0 Å². The van der Waals surface area contributed by atoms with E-state index in [4.69, 9.17) is 0 Å². The summed E-state index contributed by atoms with van der Waals surface area (Å²) in [5.74, 6) is 0.0200. The summed E-state index contributed by atoms with van der Waals surface area (Å²) < 4.78 is 0. The second kappa shape index (κ2) is 7.72. The molecule has 1 saturated heterocycles. The molecule has 2 amide bonds. The van der Waals surface area contributed by atoms with E-state index >= 15 is 0 Å². The van der Waals surface area contributed by atoms with E-state index < -0.39 is 0 Å². The van der Waals surface area contributed by atoms with Crippen LogP contribution < -0.4 is 0 Å². The number of likely N-dealkylation sites (tertiary alicyclic amines) is 1. The normalized spacial score (nSPS) is 23.8. The van der Waals surface area contributed by atoms with Gasteiger partial charge in [-0.2, -0.15) is 0 Å². The molecule has 1 aromatic carbocycles. The van der Waals surface area contributed by atoms with Crippen LogP contribution in [-0.2, 0) is 4.79 Å². The summed E-state index contributed by atoms with van der Waals surface area (Å²) in [6.45, 7) is 0.330. The van der Waals surface area contributed by atoms with Crippen molar-refractivity contribution in [2.24, 2.45) is 5.92 Å². The summed E-state index contributed by atoms with van der Waals surface area (Å²) >= 11 is 0. The Kier molecular flexibility index (Phi) is 5.13. The second-order valence-electron chi connectivity index (χ2n) is 7.67. The minimum Gasteiger partial charge on any atom is -0.394 e. The van der Waals surface area contributed by atoms with Crippen LogP contribution in [-0.4, -0.2) is 64.0 Å². The van der Waals surface area contributed by atoms with E-state index in [1.54, 1.807) is 36.3 Å². The molecular formula is C22H25N3O3. The number of pyridine rings is 1. The van der Waals surface area contributed by atoms with Crippen molar-refractivity contribution in [3.05, 3.63) is 66.0 Å². The summed E-state index contributed by atoms with van der Waals surface area (Å²) in [6, 6.07) is 14.8. The Morgan fingerprint density at radius 3 is 2.43 bits per heavy atom. The number of carbonyl (C=O) groups is 2. The van der Waals surface area contributed by atoms with E-state index in [1.807, 2.05) is 35.2 Å². The summed E-state index contributed by atoms with van der Waals surface area (Å²) in [4.78, 5) is 33.2. The molecule has 1 aliphatic carbocycles. The maximum atomic E-state index is 12.9. The first-order valence-electron chi connectivity index (χ1n) is 9.76.